The van der Waals surface area contributed by atoms with E-state index in [4.69, 9.17) is 14.2 Å². The van der Waals surface area contributed by atoms with Gasteiger partial charge in [0.15, 0.2) is 11.5 Å². The fraction of sp³-hybridized carbons (Fsp3) is 0.217. The average molecular weight is 440 g/mol. The fourth-order valence-corrected chi connectivity index (χ4v) is 4.13. The van der Waals surface area contributed by atoms with Crippen molar-refractivity contribution in [3.05, 3.63) is 65.2 Å². The summed E-state index contributed by atoms with van der Waals surface area (Å²) < 4.78 is 32.6. The summed E-state index contributed by atoms with van der Waals surface area (Å²) in [7, 11) is 4.42. The van der Waals surface area contributed by atoms with E-state index in [1.807, 2.05) is 0 Å². The number of rotatable bonds is 6. The average Bonchev–Trinajstić information content (AvgIpc) is 3.17. The molecule has 0 unspecified atom stereocenters. The Morgan fingerprint density at radius 2 is 1.81 bits per heavy atom. The highest BCUT2D eigenvalue weighted by Crippen LogP contribution is 2.49. The molecular formula is C23H21FN2O6. The largest absolute Gasteiger partial charge is 0.493 e. The lowest BCUT2D eigenvalue weighted by atomic mass is 9.87. The van der Waals surface area contributed by atoms with E-state index in [1.54, 1.807) is 30.3 Å². The van der Waals surface area contributed by atoms with Gasteiger partial charge in [0.25, 0.3) is 0 Å². The smallest absolute Gasteiger partial charge is 0.339 e. The molecule has 2 N–H and O–H groups in total. The normalized spacial score (nSPS) is 15.0. The van der Waals surface area contributed by atoms with Gasteiger partial charge in [-0.1, -0.05) is 18.2 Å². The Kier molecular flexibility index (Phi) is 5.48. The number of nitrogens with zero attached hydrogens (tertiary/aromatic N) is 1. The van der Waals surface area contributed by atoms with Crippen LogP contribution in [0.4, 0.5) is 10.1 Å². The zero-order valence-electron chi connectivity index (χ0n) is 17.6. The van der Waals surface area contributed by atoms with E-state index in [1.165, 1.54) is 38.2 Å². The highest BCUT2D eigenvalue weighted by Gasteiger charge is 2.37. The van der Waals surface area contributed by atoms with E-state index in [0.717, 1.165) is 0 Å². The van der Waals surface area contributed by atoms with Crippen molar-refractivity contribution >= 4 is 17.6 Å². The number of carboxylic acids is 1. The number of nitrogens with one attached hydrogen (secondary N) is 1. The van der Waals surface area contributed by atoms with Crippen molar-refractivity contribution in [3.63, 3.8) is 0 Å². The molecular weight excluding hydrogens is 419 g/mol. The third kappa shape index (κ3) is 3.31. The van der Waals surface area contributed by atoms with Crippen LogP contribution in [0.15, 0.2) is 42.6 Å². The van der Waals surface area contributed by atoms with E-state index in [2.05, 4.69) is 5.32 Å². The number of benzene rings is 2. The molecule has 2 aromatic carbocycles. The van der Waals surface area contributed by atoms with Crippen molar-refractivity contribution in [2.45, 2.75) is 12.3 Å². The van der Waals surface area contributed by atoms with Gasteiger partial charge in [0.05, 0.1) is 38.4 Å². The maximum Gasteiger partial charge on any atom is 0.339 e. The molecule has 1 aromatic heterocycles. The van der Waals surface area contributed by atoms with Gasteiger partial charge in [0.2, 0.25) is 11.7 Å². The molecule has 0 bridgehead atoms. The van der Waals surface area contributed by atoms with Gasteiger partial charge in [-0.3, -0.25) is 4.79 Å². The summed E-state index contributed by atoms with van der Waals surface area (Å²) in [6.45, 7) is 0. The lowest BCUT2D eigenvalue weighted by Crippen LogP contribution is -2.26. The van der Waals surface area contributed by atoms with Crippen LogP contribution in [-0.4, -0.2) is 42.9 Å². The zero-order chi connectivity index (χ0) is 23.0. The SMILES string of the molecule is COc1ccc([C@@H]2CC(=O)Nc3c(C(=O)O)cn(-c4ccccc4F)c32)c(OC)c1OC. The van der Waals surface area contributed by atoms with Crippen LogP contribution in [0.3, 0.4) is 0 Å². The number of carbonyl (C=O) groups excluding carboxylic acids is 1. The number of fused-ring (bicyclic) bond motifs is 1. The Morgan fingerprint density at radius 3 is 2.44 bits per heavy atom. The topological polar surface area (TPSA) is 99.0 Å². The first-order chi connectivity index (χ1) is 15.4. The van der Waals surface area contributed by atoms with Crippen molar-refractivity contribution in [1.29, 1.82) is 0 Å². The first-order valence-electron chi connectivity index (χ1n) is 9.73. The first-order valence-corrected chi connectivity index (χ1v) is 9.73. The predicted octanol–water partition coefficient (Wildman–Crippen LogP) is 3.81. The number of aromatic carboxylic acids is 1. The molecule has 1 amide bonds. The van der Waals surface area contributed by atoms with Gasteiger partial charge < -0.3 is 29.2 Å². The maximum absolute atomic E-state index is 14.7. The lowest BCUT2D eigenvalue weighted by molar-refractivity contribution is -0.116. The molecule has 9 heteroatoms. The second-order valence-electron chi connectivity index (χ2n) is 7.16. The number of hydrogen-bond donors (Lipinski definition) is 2. The molecule has 0 saturated carbocycles. The Balaban J connectivity index is 2.03. The molecule has 1 aliphatic rings. The maximum atomic E-state index is 14.7. The number of para-hydroxylation sites is 1. The number of anilines is 1. The Bertz CT molecular complexity index is 1220. The van der Waals surface area contributed by atoms with Crippen LogP contribution in [-0.2, 0) is 4.79 Å². The van der Waals surface area contributed by atoms with Gasteiger partial charge in [0.1, 0.15) is 11.4 Å². The highest BCUT2D eigenvalue weighted by atomic mass is 19.1. The van der Waals surface area contributed by atoms with Crippen LogP contribution in [0.1, 0.15) is 34.0 Å². The Labute approximate surface area is 183 Å². The van der Waals surface area contributed by atoms with Crippen molar-refractivity contribution in [1.82, 2.24) is 4.57 Å². The molecule has 166 valence electrons. The summed E-state index contributed by atoms with van der Waals surface area (Å²) in [6.07, 6.45) is 1.31. The number of halogens is 1. The van der Waals surface area contributed by atoms with Gasteiger partial charge in [0, 0.05) is 24.1 Å². The minimum absolute atomic E-state index is 0.00360. The standard InChI is InChI=1S/C23H21FN2O6/c1-30-17-9-8-12(21(31-2)22(17)32-3)13-10-18(27)25-19-14(23(28)29)11-26(20(13)19)16-7-5-4-6-15(16)24/h4-9,11,13H,10H2,1-3H3,(H,25,27)(H,28,29)/t13-/m0/s1. The van der Waals surface area contributed by atoms with Crippen molar-refractivity contribution in [2.24, 2.45) is 0 Å². The molecule has 0 saturated heterocycles. The van der Waals surface area contributed by atoms with Crippen LogP contribution in [0.5, 0.6) is 17.2 Å². The summed E-state index contributed by atoms with van der Waals surface area (Å²) in [4.78, 5) is 24.5. The summed E-state index contributed by atoms with van der Waals surface area (Å²) >= 11 is 0. The van der Waals surface area contributed by atoms with E-state index in [9.17, 15) is 19.1 Å². The summed E-state index contributed by atoms with van der Waals surface area (Å²) in [5.41, 5.74) is 1.16. The third-order valence-corrected chi connectivity index (χ3v) is 5.48. The van der Waals surface area contributed by atoms with Gasteiger partial charge >= 0.3 is 5.97 Å². The minimum atomic E-state index is -1.24. The number of aromatic nitrogens is 1. The minimum Gasteiger partial charge on any atom is -0.493 e. The number of amides is 1. The van der Waals surface area contributed by atoms with Crippen molar-refractivity contribution < 1.29 is 33.3 Å². The van der Waals surface area contributed by atoms with E-state index < -0.39 is 17.7 Å². The number of ether oxygens (including phenoxy) is 3. The molecule has 0 aliphatic carbocycles. The predicted molar refractivity (Wildman–Crippen MR) is 114 cm³/mol. The summed E-state index contributed by atoms with van der Waals surface area (Å²) in [5, 5.41) is 12.4. The van der Waals surface area contributed by atoms with E-state index >= 15 is 0 Å². The molecule has 32 heavy (non-hydrogen) atoms. The van der Waals surface area contributed by atoms with E-state index in [-0.39, 0.29) is 29.3 Å². The second-order valence-corrected chi connectivity index (χ2v) is 7.16. The Hall–Kier alpha value is -4.01. The molecule has 1 aliphatic heterocycles. The zero-order valence-corrected chi connectivity index (χ0v) is 17.6. The molecule has 1 atom stereocenters. The molecule has 4 rings (SSSR count). The van der Waals surface area contributed by atoms with Crippen LogP contribution < -0.4 is 19.5 Å². The molecule has 0 radical (unpaired) electrons. The number of hydrogen-bond acceptors (Lipinski definition) is 5. The van der Waals surface area contributed by atoms with Gasteiger partial charge in [-0.2, -0.15) is 0 Å². The van der Waals surface area contributed by atoms with Crippen LogP contribution in [0.25, 0.3) is 5.69 Å². The first kappa shape index (κ1) is 21.2. The molecule has 3 aromatic rings. The molecule has 2 heterocycles. The lowest BCUT2D eigenvalue weighted by Gasteiger charge is -2.28. The number of methoxy groups -OCH3 is 3. The number of carboxylic acid groups (broad SMARTS) is 1. The molecule has 0 spiro atoms. The van der Waals surface area contributed by atoms with Crippen LogP contribution >= 0.6 is 0 Å². The fourth-order valence-electron chi connectivity index (χ4n) is 4.13. The van der Waals surface area contributed by atoms with Gasteiger partial charge in [-0.15, -0.1) is 0 Å². The van der Waals surface area contributed by atoms with Gasteiger partial charge in [-0.05, 0) is 18.2 Å². The van der Waals surface area contributed by atoms with E-state index in [0.29, 0.717) is 28.5 Å². The van der Waals surface area contributed by atoms with Crippen molar-refractivity contribution in [3.8, 4) is 22.9 Å². The summed E-state index contributed by atoms with van der Waals surface area (Å²) in [5.74, 6) is -1.66. The second kappa shape index (κ2) is 8.26. The molecule has 8 nitrogen and oxygen atoms in total. The Morgan fingerprint density at radius 1 is 1.09 bits per heavy atom. The van der Waals surface area contributed by atoms with Crippen LogP contribution in [0.2, 0.25) is 0 Å². The van der Waals surface area contributed by atoms with Crippen molar-refractivity contribution in [2.75, 3.05) is 26.6 Å². The summed E-state index contributed by atoms with van der Waals surface area (Å²) in [6, 6.07) is 9.43. The molecule has 0 fully saturated rings. The third-order valence-electron chi connectivity index (χ3n) is 5.48. The highest BCUT2D eigenvalue weighted by molar-refractivity contribution is 6.04. The quantitative estimate of drug-likeness (QED) is 0.605. The van der Waals surface area contributed by atoms with Crippen LogP contribution in [0, 0.1) is 5.82 Å². The number of carbonyl (C=O) groups is 2. The van der Waals surface area contributed by atoms with Gasteiger partial charge in [-0.25, -0.2) is 9.18 Å². The monoisotopic (exact) mass is 440 g/mol.